The van der Waals surface area contributed by atoms with Crippen LogP contribution in [0.3, 0.4) is 0 Å². The maximum absolute atomic E-state index is 5.88. The molecular formula is C11H17N5S. The normalized spacial score (nSPS) is 13.1. The van der Waals surface area contributed by atoms with Crippen LogP contribution in [0, 0.1) is 0 Å². The first-order chi connectivity index (χ1) is 8.31. The number of rotatable bonds is 6. The molecule has 6 heteroatoms. The van der Waals surface area contributed by atoms with Gasteiger partial charge in [0.05, 0.1) is 6.33 Å². The molecule has 1 atom stereocenters. The predicted molar refractivity (Wildman–Crippen MR) is 69.9 cm³/mol. The molecule has 0 aliphatic rings. The third-order valence-corrected chi connectivity index (χ3v) is 3.75. The molecule has 0 bridgehead atoms. The van der Waals surface area contributed by atoms with Gasteiger partial charge in [-0.3, -0.25) is 0 Å². The van der Waals surface area contributed by atoms with Crippen LogP contribution < -0.4 is 5.73 Å². The number of aromatic nitrogens is 4. The Bertz CT molecular complexity index is 470. The molecule has 0 aliphatic heterocycles. The van der Waals surface area contributed by atoms with E-state index in [9.17, 15) is 0 Å². The Balaban J connectivity index is 1.88. The van der Waals surface area contributed by atoms with Crippen molar-refractivity contribution < 1.29 is 0 Å². The molecule has 2 heterocycles. The predicted octanol–water partition coefficient (Wildman–Crippen LogP) is 1.96. The fourth-order valence-corrected chi connectivity index (χ4v) is 2.49. The molecule has 0 aromatic carbocycles. The molecular weight excluding hydrogens is 234 g/mol. The average molecular weight is 251 g/mol. The lowest BCUT2D eigenvalue weighted by Crippen LogP contribution is -2.18. The van der Waals surface area contributed by atoms with Crippen molar-refractivity contribution in [1.29, 1.82) is 0 Å². The largest absolute Gasteiger partial charge is 0.341 e. The van der Waals surface area contributed by atoms with Crippen molar-refractivity contribution >= 4 is 22.9 Å². The monoisotopic (exact) mass is 251 g/mol. The SMILES string of the molecule is CCC(N)CCCSc1ncnc2nc[nH]c12. The summed E-state index contributed by atoms with van der Waals surface area (Å²) < 4.78 is 0. The lowest BCUT2D eigenvalue weighted by Gasteiger charge is -2.07. The topological polar surface area (TPSA) is 80.5 Å². The molecule has 17 heavy (non-hydrogen) atoms. The molecule has 1 unspecified atom stereocenters. The molecule has 2 aromatic rings. The van der Waals surface area contributed by atoms with Crippen molar-refractivity contribution in [3.63, 3.8) is 0 Å². The van der Waals surface area contributed by atoms with E-state index in [0.29, 0.717) is 6.04 Å². The number of nitrogens with two attached hydrogens (primary N) is 1. The van der Waals surface area contributed by atoms with Crippen molar-refractivity contribution in [3.8, 4) is 0 Å². The van der Waals surface area contributed by atoms with E-state index in [2.05, 4.69) is 26.9 Å². The summed E-state index contributed by atoms with van der Waals surface area (Å²) in [6, 6.07) is 0.327. The minimum Gasteiger partial charge on any atom is -0.341 e. The van der Waals surface area contributed by atoms with Gasteiger partial charge in [0.15, 0.2) is 5.65 Å². The minimum absolute atomic E-state index is 0.327. The molecule has 5 nitrogen and oxygen atoms in total. The summed E-state index contributed by atoms with van der Waals surface area (Å²) in [6.45, 7) is 2.12. The molecule has 3 N–H and O–H groups in total. The fourth-order valence-electron chi connectivity index (χ4n) is 1.57. The summed E-state index contributed by atoms with van der Waals surface area (Å²) in [7, 11) is 0. The highest BCUT2D eigenvalue weighted by Gasteiger charge is 2.06. The smallest absolute Gasteiger partial charge is 0.181 e. The zero-order chi connectivity index (χ0) is 12.1. The second-order valence-electron chi connectivity index (χ2n) is 3.94. The van der Waals surface area contributed by atoms with Crippen molar-refractivity contribution in [1.82, 2.24) is 19.9 Å². The molecule has 92 valence electrons. The second-order valence-corrected chi connectivity index (χ2v) is 5.02. The maximum atomic E-state index is 5.88. The van der Waals surface area contributed by atoms with Crippen LogP contribution in [0.5, 0.6) is 0 Å². The Morgan fingerprint density at radius 2 is 2.29 bits per heavy atom. The van der Waals surface area contributed by atoms with Gasteiger partial charge >= 0.3 is 0 Å². The summed E-state index contributed by atoms with van der Waals surface area (Å²) >= 11 is 1.73. The van der Waals surface area contributed by atoms with Crippen molar-refractivity contribution in [2.24, 2.45) is 5.73 Å². The first-order valence-electron chi connectivity index (χ1n) is 5.83. The Labute approximate surface area is 105 Å². The number of imidazole rings is 1. The van der Waals surface area contributed by atoms with Gasteiger partial charge in [-0.1, -0.05) is 6.92 Å². The molecule has 0 spiro atoms. The lowest BCUT2D eigenvalue weighted by atomic mass is 10.1. The van der Waals surface area contributed by atoms with Crippen LogP contribution in [-0.4, -0.2) is 31.7 Å². The molecule has 0 aliphatic carbocycles. The van der Waals surface area contributed by atoms with Gasteiger partial charge in [0.25, 0.3) is 0 Å². The van der Waals surface area contributed by atoms with Crippen LogP contribution in [0.2, 0.25) is 0 Å². The Hall–Kier alpha value is -1.14. The van der Waals surface area contributed by atoms with E-state index in [4.69, 9.17) is 5.73 Å². The van der Waals surface area contributed by atoms with Crippen LogP contribution in [0.25, 0.3) is 11.2 Å². The summed E-state index contributed by atoms with van der Waals surface area (Å²) in [5.74, 6) is 1.03. The number of nitrogens with zero attached hydrogens (tertiary/aromatic N) is 3. The first-order valence-corrected chi connectivity index (χ1v) is 6.82. The number of H-pyrrole nitrogens is 1. The molecule has 0 radical (unpaired) electrons. The van der Waals surface area contributed by atoms with E-state index >= 15 is 0 Å². The standard InChI is InChI=1S/C11H17N5S/c1-2-8(12)4-3-5-17-11-9-10(14-6-13-9)15-7-16-11/h6-8H,2-5,12H2,1H3,(H,13,14,15,16). The van der Waals surface area contributed by atoms with Crippen molar-refractivity contribution in [2.45, 2.75) is 37.3 Å². The molecule has 2 aromatic heterocycles. The first kappa shape index (κ1) is 12.3. The van der Waals surface area contributed by atoms with Gasteiger partial charge in [0.2, 0.25) is 0 Å². The number of aromatic amines is 1. The summed E-state index contributed by atoms with van der Waals surface area (Å²) in [4.78, 5) is 15.5. The lowest BCUT2D eigenvalue weighted by molar-refractivity contribution is 0.589. The molecule has 0 fully saturated rings. The van der Waals surface area contributed by atoms with Gasteiger partial charge in [-0.2, -0.15) is 0 Å². The number of fused-ring (bicyclic) bond motifs is 1. The van der Waals surface area contributed by atoms with Gasteiger partial charge in [0, 0.05) is 6.04 Å². The van der Waals surface area contributed by atoms with Gasteiger partial charge in [-0.15, -0.1) is 11.8 Å². The Kier molecular flexibility index (Phi) is 4.33. The molecule has 0 amide bonds. The number of hydrogen-bond donors (Lipinski definition) is 2. The third kappa shape index (κ3) is 3.17. The van der Waals surface area contributed by atoms with E-state index in [1.807, 2.05) is 0 Å². The van der Waals surface area contributed by atoms with E-state index < -0.39 is 0 Å². The molecule has 2 rings (SSSR count). The highest BCUT2D eigenvalue weighted by Crippen LogP contribution is 2.22. The van der Waals surface area contributed by atoms with E-state index in [0.717, 1.165) is 41.2 Å². The maximum Gasteiger partial charge on any atom is 0.181 e. The summed E-state index contributed by atoms with van der Waals surface area (Å²) in [5, 5.41) is 0.970. The highest BCUT2D eigenvalue weighted by atomic mass is 32.2. The Morgan fingerprint density at radius 1 is 1.41 bits per heavy atom. The molecule has 0 saturated heterocycles. The van der Waals surface area contributed by atoms with Gasteiger partial charge in [-0.05, 0) is 25.0 Å². The van der Waals surface area contributed by atoms with E-state index in [-0.39, 0.29) is 0 Å². The quantitative estimate of drug-likeness (QED) is 0.466. The number of thioether (sulfide) groups is 1. The Morgan fingerprint density at radius 3 is 3.12 bits per heavy atom. The van der Waals surface area contributed by atoms with Crippen LogP contribution in [0.4, 0.5) is 0 Å². The van der Waals surface area contributed by atoms with E-state index in [1.165, 1.54) is 0 Å². The fraction of sp³-hybridized carbons (Fsp3) is 0.545. The summed E-state index contributed by atoms with van der Waals surface area (Å²) in [5.41, 5.74) is 7.53. The number of hydrogen-bond acceptors (Lipinski definition) is 5. The number of nitrogens with one attached hydrogen (secondary N) is 1. The van der Waals surface area contributed by atoms with Crippen molar-refractivity contribution in [2.75, 3.05) is 5.75 Å². The van der Waals surface area contributed by atoms with Gasteiger partial charge in [-0.25, -0.2) is 15.0 Å². The summed E-state index contributed by atoms with van der Waals surface area (Å²) in [6.07, 6.45) is 6.43. The van der Waals surface area contributed by atoms with Crippen LogP contribution in [0.15, 0.2) is 17.7 Å². The zero-order valence-electron chi connectivity index (χ0n) is 9.89. The van der Waals surface area contributed by atoms with Crippen LogP contribution in [-0.2, 0) is 0 Å². The van der Waals surface area contributed by atoms with E-state index in [1.54, 1.807) is 24.4 Å². The van der Waals surface area contributed by atoms with Gasteiger partial charge < -0.3 is 10.7 Å². The second kappa shape index (κ2) is 5.97. The van der Waals surface area contributed by atoms with Crippen LogP contribution in [0.1, 0.15) is 26.2 Å². The zero-order valence-corrected chi connectivity index (χ0v) is 10.7. The highest BCUT2D eigenvalue weighted by molar-refractivity contribution is 7.99. The van der Waals surface area contributed by atoms with Crippen molar-refractivity contribution in [3.05, 3.63) is 12.7 Å². The average Bonchev–Trinajstić information content (AvgIpc) is 2.83. The van der Waals surface area contributed by atoms with Gasteiger partial charge in [0.1, 0.15) is 16.9 Å². The third-order valence-electron chi connectivity index (χ3n) is 2.67. The van der Waals surface area contributed by atoms with Crippen LogP contribution >= 0.6 is 11.8 Å². The minimum atomic E-state index is 0.327. The molecule has 0 saturated carbocycles.